The second kappa shape index (κ2) is 8.70. The lowest BCUT2D eigenvalue weighted by Gasteiger charge is -2.16. The number of rotatable bonds is 7. The number of nitrogens with one attached hydrogen (secondary N) is 3. The molecule has 2 heterocycles. The molecule has 3 rings (SSSR count). The van der Waals surface area contributed by atoms with Crippen LogP contribution in [-0.2, 0) is 16.0 Å². The molecule has 0 spiro atoms. The normalized spacial score (nSPS) is 20.2. The molecule has 3 atom stereocenters. The quantitative estimate of drug-likeness (QED) is 0.684. The van der Waals surface area contributed by atoms with E-state index in [1.54, 1.807) is 6.07 Å². The number of carbonyl (C=O) groups is 2. The van der Waals surface area contributed by atoms with Crippen LogP contribution in [-0.4, -0.2) is 39.5 Å². The van der Waals surface area contributed by atoms with Crippen LogP contribution in [0.5, 0.6) is 0 Å². The van der Waals surface area contributed by atoms with E-state index in [0.717, 1.165) is 31.4 Å². The molecule has 9 nitrogen and oxygen atoms in total. The van der Waals surface area contributed by atoms with Crippen molar-refractivity contribution in [2.75, 3.05) is 5.32 Å². The third-order valence-electron chi connectivity index (χ3n) is 4.77. The van der Waals surface area contributed by atoms with Crippen LogP contribution in [0.4, 0.5) is 10.6 Å². The minimum absolute atomic E-state index is 0.102. The summed E-state index contributed by atoms with van der Waals surface area (Å²) in [5, 5.41) is 16.2. The lowest BCUT2D eigenvalue weighted by atomic mass is 10.0. The number of alkyl carbamates (subject to hydrolysis) is 1. The van der Waals surface area contributed by atoms with Crippen molar-refractivity contribution in [3.63, 3.8) is 0 Å². The van der Waals surface area contributed by atoms with E-state index >= 15 is 0 Å². The maximum Gasteiger partial charge on any atom is 0.407 e. The van der Waals surface area contributed by atoms with Crippen LogP contribution >= 0.6 is 0 Å². The van der Waals surface area contributed by atoms with Crippen molar-refractivity contribution in [1.82, 2.24) is 20.7 Å². The zero-order chi connectivity index (χ0) is 19.2. The Hall–Kier alpha value is -2.84. The second-order valence-electron chi connectivity index (χ2n) is 6.90. The smallest absolute Gasteiger partial charge is 0.407 e. The summed E-state index contributed by atoms with van der Waals surface area (Å²) < 4.78 is 10.4. The summed E-state index contributed by atoms with van der Waals surface area (Å²) in [4.78, 5) is 23.8. The van der Waals surface area contributed by atoms with Gasteiger partial charge >= 0.3 is 6.09 Å². The van der Waals surface area contributed by atoms with Crippen molar-refractivity contribution in [3.05, 3.63) is 29.8 Å². The fourth-order valence-corrected chi connectivity index (χ4v) is 3.11. The van der Waals surface area contributed by atoms with Gasteiger partial charge in [-0.2, -0.15) is 5.10 Å². The second-order valence-corrected chi connectivity index (χ2v) is 6.90. The van der Waals surface area contributed by atoms with Crippen LogP contribution in [0.3, 0.4) is 0 Å². The van der Waals surface area contributed by atoms with Crippen LogP contribution in [0.1, 0.15) is 56.9 Å². The molecule has 0 saturated heterocycles. The molecule has 27 heavy (non-hydrogen) atoms. The highest BCUT2D eigenvalue weighted by Crippen LogP contribution is 2.35. The number of amides is 2. The van der Waals surface area contributed by atoms with Crippen molar-refractivity contribution in [2.24, 2.45) is 0 Å². The molecule has 2 aromatic heterocycles. The summed E-state index contributed by atoms with van der Waals surface area (Å²) in [5.41, 5.74) is 0.929. The number of anilines is 1. The van der Waals surface area contributed by atoms with Gasteiger partial charge in [-0.25, -0.2) is 4.79 Å². The predicted molar refractivity (Wildman–Crippen MR) is 97.2 cm³/mol. The monoisotopic (exact) mass is 375 g/mol. The Balaban J connectivity index is 1.47. The summed E-state index contributed by atoms with van der Waals surface area (Å²) in [5.74, 6) is 0.959. The van der Waals surface area contributed by atoms with E-state index in [1.807, 2.05) is 19.9 Å². The first kappa shape index (κ1) is 18.9. The molecule has 1 aliphatic rings. The summed E-state index contributed by atoms with van der Waals surface area (Å²) in [6.45, 7) is 3.96. The fraction of sp³-hybridized carbons (Fsp3) is 0.556. The minimum atomic E-state index is -0.361. The van der Waals surface area contributed by atoms with Crippen LogP contribution in [0.25, 0.3) is 0 Å². The molecule has 0 unspecified atom stereocenters. The Bertz CT molecular complexity index is 758. The number of carbonyl (C=O) groups excluding carboxylic acids is 2. The summed E-state index contributed by atoms with van der Waals surface area (Å²) in [7, 11) is 0. The van der Waals surface area contributed by atoms with Gasteiger partial charge in [-0.3, -0.25) is 9.89 Å². The lowest BCUT2D eigenvalue weighted by Crippen LogP contribution is -2.34. The highest BCUT2D eigenvalue weighted by atomic mass is 16.6. The van der Waals surface area contributed by atoms with Gasteiger partial charge in [0.25, 0.3) is 0 Å². The van der Waals surface area contributed by atoms with E-state index in [-0.39, 0.29) is 36.5 Å². The number of ether oxygens (including phenoxy) is 1. The van der Waals surface area contributed by atoms with Crippen molar-refractivity contribution < 1.29 is 18.8 Å². The van der Waals surface area contributed by atoms with Gasteiger partial charge in [0.1, 0.15) is 11.9 Å². The number of nitrogens with zero attached hydrogens (tertiary/aromatic N) is 2. The molecular weight excluding hydrogens is 350 g/mol. The van der Waals surface area contributed by atoms with Crippen molar-refractivity contribution in [2.45, 2.75) is 64.0 Å². The molecule has 2 amide bonds. The number of hydrogen-bond acceptors (Lipinski definition) is 6. The van der Waals surface area contributed by atoms with Gasteiger partial charge in [-0.05, 0) is 32.6 Å². The average molecular weight is 375 g/mol. The first-order valence-electron chi connectivity index (χ1n) is 9.25. The van der Waals surface area contributed by atoms with Gasteiger partial charge in [0, 0.05) is 29.8 Å². The maximum atomic E-state index is 12.0. The van der Waals surface area contributed by atoms with Crippen LogP contribution < -0.4 is 10.6 Å². The number of aromatic nitrogens is 3. The number of H-pyrrole nitrogens is 1. The largest absolute Gasteiger partial charge is 0.446 e. The summed E-state index contributed by atoms with van der Waals surface area (Å²) >= 11 is 0. The Morgan fingerprint density at radius 2 is 2.30 bits per heavy atom. The third kappa shape index (κ3) is 5.32. The lowest BCUT2D eigenvalue weighted by molar-refractivity contribution is -0.115. The Morgan fingerprint density at radius 1 is 1.44 bits per heavy atom. The van der Waals surface area contributed by atoms with Crippen LogP contribution in [0, 0.1) is 0 Å². The van der Waals surface area contributed by atoms with E-state index < -0.39 is 0 Å². The van der Waals surface area contributed by atoms with Gasteiger partial charge in [-0.15, -0.1) is 0 Å². The van der Waals surface area contributed by atoms with Gasteiger partial charge in [-0.1, -0.05) is 12.1 Å². The van der Waals surface area contributed by atoms with Gasteiger partial charge in [0.15, 0.2) is 5.82 Å². The molecule has 1 fully saturated rings. The first-order valence-corrected chi connectivity index (χ1v) is 9.25. The highest BCUT2D eigenvalue weighted by molar-refractivity contribution is 5.91. The molecule has 2 aromatic rings. The molecule has 0 aromatic carbocycles. The highest BCUT2D eigenvalue weighted by Gasteiger charge is 2.30. The van der Waals surface area contributed by atoms with E-state index in [2.05, 4.69) is 26.0 Å². The zero-order valence-corrected chi connectivity index (χ0v) is 15.5. The predicted octanol–water partition coefficient (Wildman–Crippen LogP) is 2.74. The Labute approximate surface area is 157 Å². The van der Waals surface area contributed by atoms with Gasteiger partial charge in [0.2, 0.25) is 5.91 Å². The first-order chi connectivity index (χ1) is 13.0. The fourth-order valence-electron chi connectivity index (χ4n) is 3.11. The Morgan fingerprint density at radius 3 is 3.04 bits per heavy atom. The number of aromatic amines is 1. The van der Waals surface area contributed by atoms with Crippen molar-refractivity contribution >= 4 is 17.8 Å². The average Bonchev–Trinajstić information content (AvgIpc) is 3.36. The zero-order valence-electron chi connectivity index (χ0n) is 15.5. The molecule has 0 aliphatic heterocycles. The standard InChI is InChI=1S/C18H25N5O4/c1-3-11(2)20-18(25)26-13-5-4-12(8-13)15-10-16(23-22-15)21-17(24)9-14-6-7-19-27-14/h6-7,10-13H,3-5,8-9H2,1-2H3,(H,20,25)(H2,21,22,23,24)/t11-,12-,13+/m1/s1. The van der Waals surface area contributed by atoms with Crippen LogP contribution in [0.2, 0.25) is 0 Å². The van der Waals surface area contributed by atoms with E-state index in [9.17, 15) is 9.59 Å². The molecule has 1 aliphatic carbocycles. The van der Waals surface area contributed by atoms with E-state index in [4.69, 9.17) is 9.26 Å². The number of hydrogen-bond donors (Lipinski definition) is 3. The van der Waals surface area contributed by atoms with Gasteiger partial charge in [0.05, 0.1) is 12.6 Å². The molecule has 9 heteroatoms. The Kier molecular flexibility index (Phi) is 6.10. The SMILES string of the molecule is CC[C@@H](C)NC(=O)O[C@H]1CC[C@@H](c2cc(NC(=O)Cc3ccno3)n[nH]2)C1. The van der Waals surface area contributed by atoms with Crippen molar-refractivity contribution in [3.8, 4) is 0 Å². The van der Waals surface area contributed by atoms with E-state index in [1.165, 1.54) is 6.20 Å². The molecule has 146 valence electrons. The molecule has 3 N–H and O–H groups in total. The van der Waals surface area contributed by atoms with Crippen LogP contribution in [0.15, 0.2) is 22.9 Å². The molecule has 1 saturated carbocycles. The molecule has 0 bridgehead atoms. The van der Waals surface area contributed by atoms with Crippen molar-refractivity contribution in [1.29, 1.82) is 0 Å². The molecule has 0 radical (unpaired) electrons. The van der Waals surface area contributed by atoms with E-state index in [0.29, 0.717) is 11.6 Å². The minimum Gasteiger partial charge on any atom is -0.446 e. The third-order valence-corrected chi connectivity index (χ3v) is 4.77. The molecular formula is C18H25N5O4. The van der Waals surface area contributed by atoms with Gasteiger partial charge < -0.3 is 19.9 Å². The summed E-state index contributed by atoms with van der Waals surface area (Å²) in [6.07, 6.45) is 4.44. The topological polar surface area (TPSA) is 122 Å². The summed E-state index contributed by atoms with van der Waals surface area (Å²) in [6, 6.07) is 3.57. The maximum absolute atomic E-state index is 12.0.